The molecule has 1 aliphatic heterocycles. The van der Waals surface area contributed by atoms with Crippen molar-refractivity contribution in [3.8, 4) is 0 Å². The van der Waals surface area contributed by atoms with E-state index in [1.165, 1.54) is 7.11 Å². The predicted molar refractivity (Wildman–Crippen MR) is 88.4 cm³/mol. The summed E-state index contributed by atoms with van der Waals surface area (Å²) in [5.74, 6) is -0.177. The molecule has 0 bridgehead atoms. The standard InChI is InChI=1S/C17H16N2O3S/c1-22-10-18-17(20)12-7-6-11-8-14(19-21)13-4-2-3-5-15(13)23-16(11)9-12/h2-7,9,21H,8,10H2,1H3,(H,18,20). The number of hydrogen-bond donors (Lipinski definition) is 2. The Hall–Kier alpha value is -2.31. The highest BCUT2D eigenvalue weighted by Crippen LogP contribution is 2.37. The van der Waals surface area contributed by atoms with Gasteiger partial charge in [-0.15, -0.1) is 0 Å². The average Bonchev–Trinajstić information content (AvgIpc) is 2.75. The maximum absolute atomic E-state index is 12.1. The summed E-state index contributed by atoms with van der Waals surface area (Å²) >= 11 is 1.57. The first-order valence-electron chi connectivity index (χ1n) is 7.11. The van der Waals surface area contributed by atoms with E-state index < -0.39 is 0 Å². The number of ether oxygens (including phenoxy) is 1. The molecular weight excluding hydrogens is 312 g/mol. The molecule has 1 heterocycles. The van der Waals surface area contributed by atoms with E-state index in [0.717, 1.165) is 20.9 Å². The van der Waals surface area contributed by atoms with Crippen molar-refractivity contribution in [2.75, 3.05) is 13.8 Å². The van der Waals surface area contributed by atoms with E-state index in [9.17, 15) is 10.0 Å². The molecular formula is C17H16N2O3S. The van der Waals surface area contributed by atoms with Crippen LogP contribution in [-0.2, 0) is 11.2 Å². The smallest absolute Gasteiger partial charge is 0.253 e. The fraction of sp³-hybridized carbons (Fsp3) is 0.176. The molecule has 1 amide bonds. The Morgan fingerprint density at radius 3 is 2.91 bits per heavy atom. The van der Waals surface area contributed by atoms with Crippen molar-refractivity contribution in [1.82, 2.24) is 5.32 Å². The molecule has 6 heteroatoms. The van der Waals surface area contributed by atoms with Crippen LogP contribution in [0.5, 0.6) is 0 Å². The zero-order valence-electron chi connectivity index (χ0n) is 12.6. The van der Waals surface area contributed by atoms with Gasteiger partial charge >= 0.3 is 0 Å². The van der Waals surface area contributed by atoms with Crippen LogP contribution in [0.3, 0.4) is 0 Å². The van der Waals surface area contributed by atoms with Gasteiger partial charge in [0.05, 0.1) is 5.71 Å². The molecule has 0 aromatic heterocycles. The summed E-state index contributed by atoms with van der Waals surface area (Å²) in [4.78, 5) is 14.1. The van der Waals surface area contributed by atoms with Gasteiger partial charge in [0, 0.05) is 34.4 Å². The Kier molecular flexibility index (Phi) is 4.64. The zero-order chi connectivity index (χ0) is 16.2. The average molecular weight is 328 g/mol. The monoisotopic (exact) mass is 328 g/mol. The molecule has 5 nitrogen and oxygen atoms in total. The van der Waals surface area contributed by atoms with Crippen LogP contribution in [0.2, 0.25) is 0 Å². The highest BCUT2D eigenvalue weighted by molar-refractivity contribution is 7.99. The Morgan fingerprint density at radius 2 is 2.13 bits per heavy atom. The van der Waals surface area contributed by atoms with Gasteiger partial charge in [0.25, 0.3) is 5.91 Å². The molecule has 0 spiro atoms. The molecule has 0 saturated heterocycles. The van der Waals surface area contributed by atoms with Gasteiger partial charge in [-0.3, -0.25) is 4.79 Å². The number of hydrogen-bond acceptors (Lipinski definition) is 5. The van der Waals surface area contributed by atoms with E-state index in [2.05, 4.69) is 10.5 Å². The summed E-state index contributed by atoms with van der Waals surface area (Å²) in [6, 6.07) is 13.3. The lowest BCUT2D eigenvalue weighted by Gasteiger charge is -2.09. The van der Waals surface area contributed by atoms with Crippen LogP contribution >= 0.6 is 11.8 Å². The van der Waals surface area contributed by atoms with Gasteiger partial charge in [0.1, 0.15) is 6.73 Å². The zero-order valence-corrected chi connectivity index (χ0v) is 13.4. The Labute approximate surface area is 138 Å². The largest absolute Gasteiger partial charge is 0.411 e. The number of carbonyl (C=O) groups excluding carboxylic acids is 1. The number of nitrogens with zero attached hydrogens (tertiary/aromatic N) is 1. The Balaban J connectivity index is 1.99. The highest BCUT2D eigenvalue weighted by Gasteiger charge is 2.20. The molecule has 0 aliphatic carbocycles. The number of oxime groups is 1. The molecule has 0 atom stereocenters. The SMILES string of the molecule is COCNC(=O)c1ccc2c(c1)Sc1ccccc1C(=NO)C2. The molecule has 23 heavy (non-hydrogen) atoms. The van der Waals surface area contributed by atoms with Crippen LogP contribution in [0, 0.1) is 0 Å². The van der Waals surface area contributed by atoms with Gasteiger partial charge in [0.15, 0.2) is 0 Å². The predicted octanol–water partition coefficient (Wildman–Crippen LogP) is 2.91. The maximum atomic E-state index is 12.1. The second kappa shape index (κ2) is 6.85. The van der Waals surface area contributed by atoms with E-state index in [0.29, 0.717) is 17.7 Å². The van der Waals surface area contributed by atoms with Crippen LogP contribution in [0.15, 0.2) is 57.4 Å². The minimum absolute atomic E-state index is 0.174. The van der Waals surface area contributed by atoms with Crippen LogP contribution in [-0.4, -0.2) is 30.7 Å². The lowest BCUT2D eigenvalue weighted by atomic mass is 10.0. The quantitative estimate of drug-likeness (QED) is 0.516. The number of rotatable bonds is 3. The van der Waals surface area contributed by atoms with Crippen molar-refractivity contribution in [1.29, 1.82) is 0 Å². The van der Waals surface area contributed by atoms with E-state index in [-0.39, 0.29) is 12.6 Å². The molecule has 0 saturated carbocycles. The number of benzene rings is 2. The third-order valence-corrected chi connectivity index (χ3v) is 4.78. The molecule has 118 valence electrons. The van der Waals surface area contributed by atoms with E-state index in [1.54, 1.807) is 17.8 Å². The normalized spacial score (nSPS) is 14.7. The van der Waals surface area contributed by atoms with Crippen molar-refractivity contribution in [3.63, 3.8) is 0 Å². The topological polar surface area (TPSA) is 70.9 Å². The number of carbonyl (C=O) groups is 1. The molecule has 1 aliphatic rings. The number of fused-ring (bicyclic) bond motifs is 2. The van der Waals surface area contributed by atoms with Crippen LogP contribution in [0.1, 0.15) is 21.5 Å². The van der Waals surface area contributed by atoms with Gasteiger partial charge < -0.3 is 15.3 Å². The minimum Gasteiger partial charge on any atom is -0.411 e. The second-order valence-electron chi connectivity index (χ2n) is 5.08. The van der Waals surface area contributed by atoms with Gasteiger partial charge in [-0.2, -0.15) is 0 Å². The first-order chi connectivity index (χ1) is 11.2. The number of amides is 1. The Morgan fingerprint density at radius 1 is 1.30 bits per heavy atom. The van der Waals surface area contributed by atoms with E-state index >= 15 is 0 Å². The molecule has 2 N–H and O–H groups in total. The van der Waals surface area contributed by atoms with Gasteiger partial charge in [-0.05, 0) is 23.8 Å². The minimum atomic E-state index is -0.177. The van der Waals surface area contributed by atoms with Crippen molar-refractivity contribution >= 4 is 23.4 Å². The molecule has 3 rings (SSSR count). The molecule has 0 radical (unpaired) electrons. The van der Waals surface area contributed by atoms with Crippen molar-refractivity contribution in [3.05, 3.63) is 59.2 Å². The summed E-state index contributed by atoms with van der Waals surface area (Å²) in [6.45, 7) is 0.174. The molecule has 0 fully saturated rings. The van der Waals surface area contributed by atoms with Crippen molar-refractivity contribution in [2.24, 2.45) is 5.16 Å². The number of nitrogens with one attached hydrogen (secondary N) is 1. The highest BCUT2D eigenvalue weighted by atomic mass is 32.2. The first-order valence-corrected chi connectivity index (χ1v) is 7.93. The summed E-state index contributed by atoms with van der Waals surface area (Å²) < 4.78 is 4.86. The fourth-order valence-corrected chi connectivity index (χ4v) is 3.59. The van der Waals surface area contributed by atoms with E-state index in [4.69, 9.17) is 4.74 Å². The maximum Gasteiger partial charge on any atom is 0.253 e. The fourth-order valence-electron chi connectivity index (χ4n) is 2.45. The third kappa shape index (κ3) is 3.23. The summed E-state index contributed by atoms with van der Waals surface area (Å²) in [5, 5.41) is 15.5. The first kappa shape index (κ1) is 15.6. The van der Waals surface area contributed by atoms with Gasteiger partial charge in [-0.1, -0.05) is 41.2 Å². The van der Waals surface area contributed by atoms with Crippen LogP contribution < -0.4 is 5.32 Å². The summed E-state index contributed by atoms with van der Waals surface area (Å²) in [6.07, 6.45) is 0.524. The summed E-state index contributed by atoms with van der Waals surface area (Å²) in [7, 11) is 1.53. The van der Waals surface area contributed by atoms with Crippen LogP contribution in [0.4, 0.5) is 0 Å². The van der Waals surface area contributed by atoms with Crippen LogP contribution in [0.25, 0.3) is 0 Å². The molecule has 2 aromatic carbocycles. The van der Waals surface area contributed by atoms with E-state index in [1.807, 2.05) is 36.4 Å². The van der Waals surface area contributed by atoms with Crippen molar-refractivity contribution < 1.29 is 14.7 Å². The van der Waals surface area contributed by atoms with Crippen molar-refractivity contribution in [2.45, 2.75) is 16.2 Å². The lowest BCUT2D eigenvalue weighted by molar-refractivity contribution is 0.0872. The van der Waals surface area contributed by atoms with Gasteiger partial charge in [-0.25, -0.2) is 0 Å². The third-order valence-electron chi connectivity index (χ3n) is 3.60. The lowest BCUT2D eigenvalue weighted by Crippen LogP contribution is -2.25. The van der Waals surface area contributed by atoms with Gasteiger partial charge in [0.2, 0.25) is 0 Å². The Bertz CT molecular complexity index is 774. The number of methoxy groups -OCH3 is 1. The molecule has 2 aromatic rings. The molecule has 0 unspecified atom stereocenters. The second-order valence-corrected chi connectivity index (χ2v) is 6.17. The summed E-state index contributed by atoms with van der Waals surface area (Å²) in [5.41, 5.74) is 3.16.